The fraction of sp³-hybridized carbons (Fsp3) is 0.467. The number of carbonyl (C=O) groups is 2. The Morgan fingerprint density at radius 3 is 2.45 bits per heavy atom. The second-order valence-electron chi connectivity index (χ2n) is 5.26. The Kier molecular flexibility index (Phi) is 5.62. The van der Waals surface area contributed by atoms with Crippen LogP contribution < -0.4 is 4.74 Å². The SMILES string of the molecule is CCOC(=O)C(C)(C)Oc1ccc(CC(C)=O)c([N+](=O)[O-])c1. The number of nitro groups is 1. The van der Waals surface area contributed by atoms with Crippen molar-refractivity contribution in [1.29, 1.82) is 0 Å². The van der Waals surface area contributed by atoms with Gasteiger partial charge in [-0.25, -0.2) is 4.79 Å². The van der Waals surface area contributed by atoms with Gasteiger partial charge in [-0.15, -0.1) is 0 Å². The van der Waals surface area contributed by atoms with Crippen molar-refractivity contribution in [2.75, 3.05) is 6.61 Å². The quantitative estimate of drug-likeness (QED) is 0.436. The molecule has 0 spiro atoms. The Hall–Kier alpha value is -2.44. The maximum Gasteiger partial charge on any atom is 0.349 e. The minimum absolute atomic E-state index is 0.0299. The van der Waals surface area contributed by atoms with Crippen LogP contribution >= 0.6 is 0 Å². The summed E-state index contributed by atoms with van der Waals surface area (Å²) < 4.78 is 10.4. The molecule has 1 aromatic carbocycles. The fourth-order valence-corrected chi connectivity index (χ4v) is 1.84. The predicted octanol–water partition coefficient (Wildman–Crippen LogP) is 2.45. The lowest BCUT2D eigenvalue weighted by molar-refractivity contribution is -0.385. The van der Waals surface area contributed by atoms with E-state index in [9.17, 15) is 19.7 Å². The van der Waals surface area contributed by atoms with Crippen molar-refractivity contribution in [2.45, 2.75) is 39.7 Å². The summed E-state index contributed by atoms with van der Waals surface area (Å²) in [6, 6.07) is 4.15. The zero-order chi connectivity index (χ0) is 16.9. The van der Waals surface area contributed by atoms with E-state index < -0.39 is 16.5 Å². The molecule has 0 aliphatic heterocycles. The molecule has 0 fully saturated rings. The van der Waals surface area contributed by atoms with Crippen molar-refractivity contribution in [3.63, 3.8) is 0 Å². The van der Waals surface area contributed by atoms with Gasteiger partial charge in [0.15, 0.2) is 5.60 Å². The summed E-state index contributed by atoms with van der Waals surface area (Å²) in [7, 11) is 0. The molecule has 0 aromatic heterocycles. The predicted molar refractivity (Wildman–Crippen MR) is 78.8 cm³/mol. The summed E-state index contributed by atoms with van der Waals surface area (Å²) in [5, 5.41) is 11.1. The van der Waals surface area contributed by atoms with E-state index in [0.29, 0.717) is 5.56 Å². The summed E-state index contributed by atoms with van der Waals surface area (Å²) in [6.07, 6.45) is -0.0299. The molecule has 0 bridgehead atoms. The van der Waals surface area contributed by atoms with E-state index in [4.69, 9.17) is 9.47 Å². The topological polar surface area (TPSA) is 95.7 Å². The van der Waals surface area contributed by atoms with Crippen molar-refractivity contribution in [3.05, 3.63) is 33.9 Å². The Morgan fingerprint density at radius 2 is 1.95 bits per heavy atom. The van der Waals surface area contributed by atoms with Gasteiger partial charge in [0, 0.05) is 12.0 Å². The van der Waals surface area contributed by atoms with E-state index in [1.807, 2.05) is 0 Å². The second-order valence-corrected chi connectivity index (χ2v) is 5.26. The van der Waals surface area contributed by atoms with Crippen LogP contribution in [0.4, 0.5) is 5.69 Å². The van der Waals surface area contributed by atoms with Crippen molar-refractivity contribution in [2.24, 2.45) is 0 Å². The maximum absolute atomic E-state index is 11.8. The van der Waals surface area contributed by atoms with E-state index in [2.05, 4.69) is 0 Å². The van der Waals surface area contributed by atoms with E-state index in [-0.39, 0.29) is 30.2 Å². The molecule has 0 atom stereocenters. The lowest BCUT2D eigenvalue weighted by atomic mass is 10.1. The summed E-state index contributed by atoms with van der Waals surface area (Å²) in [4.78, 5) is 33.4. The highest BCUT2D eigenvalue weighted by atomic mass is 16.6. The first-order valence-corrected chi connectivity index (χ1v) is 6.80. The number of benzene rings is 1. The van der Waals surface area contributed by atoms with Crippen molar-refractivity contribution < 1.29 is 24.0 Å². The van der Waals surface area contributed by atoms with E-state index in [1.54, 1.807) is 6.92 Å². The smallest absolute Gasteiger partial charge is 0.349 e. The van der Waals surface area contributed by atoms with Gasteiger partial charge in [-0.3, -0.25) is 14.9 Å². The molecule has 0 aliphatic rings. The standard InChI is InChI=1S/C15H19NO6/c1-5-21-14(18)15(3,4)22-12-7-6-11(8-10(2)17)13(9-12)16(19)20/h6-7,9H,5,8H2,1-4H3. The van der Waals surface area contributed by atoms with Gasteiger partial charge in [0.05, 0.1) is 17.6 Å². The van der Waals surface area contributed by atoms with Crippen LogP contribution in [0.15, 0.2) is 18.2 Å². The monoisotopic (exact) mass is 309 g/mol. The molecule has 0 saturated carbocycles. The summed E-state index contributed by atoms with van der Waals surface area (Å²) in [5.74, 6) is -0.578. The van der Waals surface area contributed by atoms with Crippen molar-refractivity contribution >= 4 is 17.4 Å². The normalized spacial score (nSPS) is 10.9. The maximum atomic E-state index is 11.8. The van der Waals surface area contributed by atoms with Crippen LogP contribution in [-0.2, 0) is 20.7 Å². The number of nitrogens with zero attached hydrogens (tertiary/aromatic N) is 1. The molecule has 0 saturated heterocycles. The summed E-state index contributed by atoms with van der Waals surface area (Å²) >= 11 is 0. The van der Waals surface area contributed by atoms with Gasteiger partial charge in [-0.1, -0.05) is 0 Å². The van der Waals surface area contributed by atoms with Crippen LogP contribution in [-0.4, -0.2) is 28.9 Å². The molecule has 0 heterocycles. The van der Waals surface area contributed by atoms with Gasteiger partial charge in [0.1, 0.15) is 11.5 Å². The molecule has 1 rings (SSSR count). The minimum atomic E-state index is -1.27. The molecule has 0 aliphatic carbocycles. The number of carbonyl (C=O) groups excluding carboxylic acids is 2. The number of ether oxygens (including phenoxy) is 2. The molecule has 120 valence electrons. The van der Waals surface area contributed by atoms with Gasteiger partial charge in [-0.05, 0) is 39.8 Å². The van der Waals surface area contributed by atoms with Gasteiger partial charge in [-0.2, -0.15) is 0 Å². The Bertz CT molecular complexity index is 594. The number of Topliss-reactive ketones (excluding diaryl/α,β-unsaturated/α-hetero) is 1. The number of nitro benzene ring substituents is 1. The van der Waals surface area contributed by atoms with E-state index >= 15 is 0 Å². The molecule has 0 amide bonds. The largest absolute Gasteiger partial charge is 0.476 e. The van der Waals surface area contributed by atoms with Gasteiger partial charge >= 0.3 is 5.97 Å². The Morgan fingerprint density at radius 1 is 1.32 bits per heavy atom. The highest BCUT2D eigenvalue weighted by Crippen LogP contribution is 2.28. The molecular formula is C15H19NO6. The zero-order valence-corrected chi connectivity index (χ0v) is 13.0. The second kappa shape index (κ2) is 7.02. The van der Waals surface area contributed by atoms with Crippen LogP contribution in [0.2, 0.25) is 0 Å². The molecule has 0 radical (unpaired) electrons. The van der Waals surface area contributed by atoms with Crippen LogP contribution in [0.1, 0.15) is 33.3 Å². The van der Waals surface area contributed by atoms with Crippen LogP contribution in [0, 0.1) is 10.1 Å². The van der Waals surface area contributed by atoms with Crippen LogP contribution in [0.5, 0.6) is 5.75 Å². The highest BCUT2D eigenvalue weighted by Gasteiger charge is 2.32. The highest BCUT2D eigenvalue weighted by molar-refractivity contribution is 5.80. The molecule has 7 heteroatoms. The number of rotatable bonds is 7. The van der Waals surface area contributed by atoms with E-state index in [0.717, 1.165) is 0 Å². The van der Waals surface area contributed by atoms with Gasteiger partial charge in [0.25, 0.3) is 5.69 Å². The zero-order valence-electron chi connectivity index (χ0n) is 13.0. The fourth-order valence-electron chi connectivity index (χ4n) is 1.84. The molecule has 22 heavy (non-hydrogen) atoms. The molecule has 1 aromatic rings. The van der Waals surface area contributed by atoms with Crippen molar-refractivity contribution in [1.82, 2.24) is 0 Å². The Labute approximate surface area is 128 Å². The molecular weight excluding hydrogens is 290 g/mol. The summed E-state index contributed by atoms with van der Waals surface area (Å²) in [6.45, 7) is 6.28. The third-order valence-corrected chi connectivity index (χ3v) is 2.83. The molecule has 7 nitrogen and oxygen atoms in total. The Balaban J connectivity index is 3.07. The van der Waals surface area contributed by atoms with E-state index in [1.165, 1.54) is 39.0 Å². The average molecular weight is 309 g/mol. The average Bonchev–Trinajstić information content (AvgIpc) is 2.39. The first kappa shape index (κ1) is 17.6. The van der Waals surface area contributed by atoms with Gasteiger partial charge < -0.3 is 9.47 Å². The number of hydrogen-bond acceptors (Lipinski definition) is 6. The summed E-state index contributed by atoms with van der Waals surface area (Å²) in [5.41, 5.74) is -1.18. The number of esters is 1. The number of ketones is 1. The first-order valence-electron chi connectivity index (χ1n) is 6.80. The van der Waals surface area contributed by atoms with Crippen molar-refractivity contribution in [3.8, 4) is 5.75 Å². The van der Waals surface area contributed by atoms with Gasteiger partial charge in [0.2, 0.25) is 0 Å². The number of hydrogen-bond donors (Lipinski definition) is 0. The molecule has 0 unspecified atom stereocenters. The minimum Gasteiger partial charge on any atom is -0.476 e. The third-order valence-electron chi connectivity index (χ3n) is 2.83. The lowest BCUT2D eigenvalue weighted by Crippen LogP contribution is -2.39. The lowest BCUT2D eigenvalue weighted by Gasteiger charge is -2.24. The van der Waals surface area contributed by atoms with Crippen LogP contribution in [0.25, 0.3) is 0 Å². The molecule has 0 N–H and O–H groups in total. The van der Waals surface area contributed by atoms with Crippen LogP contribution in [0.3, 0.4) is 0 Å². The first-order chi connectivity index (χ1) is 10.2. The third kappa shape index (κ3) is 4.54.